The highest BCUT2D eigenvalue weighted by atomic mass is 16.6. The van der Waals surface area contributed by atoms with Crippen LogP contribution in [0.15, 0.2) is 91.0 Å². The van der Waals surface area contributed by atoms with Gasteiger partial charge in [-0.15, -0.1) is 0 Å². The minimum absolute atomic E-state index is 0.0330. The highest BCUT2D eigenvalue weighted by molar-refractivity contribution is 5.81. The van der Waals surface area contributed by atoms with E-state index in [1.54, 1.807) is 0 Å². The third-order valence-electron chi connectivity index (χ3n) is 6.56. The summed E-state index contributed by atoms with van der Waals surface area (Å²) in [4.78, 5) is 12.2. The van der Waals surface area contributed by atoms with E-state index in [0.29, 0.717) is 32.8 Å². The molecule has 2 aliphatic heterocycles. The fourth-order valence-electron chi connectivity index (χ4n) is 4.75. The van der Waals surface area contributed by atoms with Gasteiger partial charge >= 0.3 is 0 Å². The SMILES string of the molecule is O=C1CO[C@@H]2[C@@H](OCc3ccccc3)[C@H](OCc3ccccc3)[C@@H](COCc3ccccc3)O[C@H]2C1. The lowest BCUT2D eigenvalue weighted by Crippen LogP contribution is -2.63. The third kappa shape index (κ3) is 6.46. The fraction of sp³-hybridized carbons (Fsp3) is 0.367. The van der Waals surface area contributed by atoms with Crippen LogP contribution in [0.1, 0.15) is 23.1 Å². The zero-order chi connectivity index (χ0) is 24.6. The van der Waals surface area contributed by atoms with E-state index >= 15 is 0 Å². The first-order valence-electron chi connectivity index (χ1n) is 12.5. The molecule has 0 aliphatic carbocycles. The maximum Gasteiger partial charge on any atom is 0.161 e. The molecule has 0 radical (unpaired) electrons. The van der Waals surface area contributed by atoms with Gasteiger partial charge in [-0.05, 0) is 16.7 Å². The molecule has 36 heavy (non-hydrogen) atoms. The van der Waals surface area contributed by atoms with Crippen molar-refractivity contribution in [2.45, 2.75) is 56.8 Å². The predicted octanol–water partition coefficient (Wildman–Crippen LogP) is 4.50. The van der Waals surface area contributed by atoms with Crippen molar-refractivity contribution >= 4 is 5.78 Å². The van der Waals surface area contributed by atoms with Crippen LogP contribution in [0.5, 0.6) is 0 Å². The van der Waals surface area contributed by atoms with Crippen LogP contribution in [0.25, 0.3) is 0 Å². The van der Waals surface area contributed by atoms with Crippen molar-refractivity contribution < 1.29 is 28.5 Å². The van der Waals surface area contributed by atoms with Gasteiger partial charge in [0.15, 0.2) is 5.78 Å². The molecule has 0 unspecified atom stereocenters. The molecule has 2 heterocycles. The van der Waals surface area contributed by atoms with E-state index in [1.807, 2.05) is 91.0 Å². The number of rotatable bonds is 10. The molecule has 0 bridgehead atoms. The number of benzene rings is 3. The molecule has 2 saturated heterocycles. The van der Waals surface area contributed by atoms with E-state index in [0.717, 1.165) is 16.7 Å². The van der Waals surface area contributed by atoms with E-state index in [9.17, 15) is 4.79 Å². The monoisotopic (exact) mass is 488 g/mol. The van der Waals surface area contributed by atoms with Gasteiger partial charge in [0, 0.05) is 6.42 Å². The molecule has 0 aromatic heterocycles. The lowest BCUT2D eigenvalue weighted by Gasteiger charge is -2.47. The van der Waals surface area contributed by atoms with Gasteiger partial charge in [-0.1, -0.05) is 91.0 Å². The van der Waals surface area contributed by atoms with Crippen molar-refractivity contribution in [3.05, 3.63) is 108 Å². The van der Waals surface area contributed by atoms with Crippen molar-refractivity contribution in [2.75, 3.05) is 13.2 Å². The van der Waals surface area contributed by atoms with Gasteiger partial charge in [-0.25, -0.2) is 0 Å². The molecule has 2 aliphatic rings. The molecule has 0 spiro atoms. The summed E-state index contributed by atoms with van der Waals surface area (Å²) in [6.45, 7) is 1.67. The van der Waals surface area contributed by atoms with Crippen molar-refractivity contribution in [3.63, 3.8) is 0 Å². The van der Waals surface area contributed by atoms with Crippen LogP contribution < -0.4 is 0 Å². The van der Waals surface area contributed by atoms with Crippen LogP contribution >= 0.6 is 0 Å². The molecule has 6 nitrogen and oxygen atoms in total. The zero-order valence-electron chi connectivity index (χ0n) is 20.2. The number of hydrogen-bond donors (Lipinski definition) is 0. The number of hydrogen-bond acceptors (Lipinski definition) is 6. The Balaban J connectivity index is 1.35. The molecular formula is C30H32O6. The second-order valence-corrected chi connectivity index (χ2v) is 9.25. The van der Waals surface area contributed by atoms with Gasteiger partial charge < -0.3 is 23.7 Å². The summed E-state index contributed by atoms with van der Waals surface area (Å²) in [5, 5.41) is 0. The van der Waals surface area contributed by atoms with Gasteiger partial charge in [0.2, 0.25) is 0 Å². The Morgan fingerprint density at radius 1 is 0.694 bits per heavy atom. The van der Waals surface area contributed by atoms with Crippen LogP contribution in [0.3, 0.4) is 0 Å². The Labute approximate surface area is 212 Å². The lowest BCUT2D eigenvalue weighted by atomic mass is 9.90. The average Bonchev–Trinajstić information content (AvgIpc) is 2.92. The summed E-state index contributed by atoms with van der Waals surface area (Å²) < 4.78 is 31.4. The molecule has 0 N–H and O–H groups in total. The van der Waals surface area contributed by atoms with Crippen LogP contribution in [0, 0.1) is 0 Å². The van der Waals surface area contributed by atoms with Gasteiger partial charge in [-0.3, -0.25) is 4.79 Å². The highest BCUT2D eigenvalue weighted by Gasteiger charge is 2.50. The Morgan fingerprint density at radius 3 is 1.81 bits per heavy atom. The number of Topliss-reactive ketones (excluding diaryl/α,β-unsaturated/α-hetero) is 1. The molecule has 3 aromatic carbocycles. The summed E-state index contributed by atoms with van der Waals surface area (Å²) in [6, 6.07) is 30.1. The third-order valence-corrected chi connectivity index (χ3v) is 6.56. The summed E-state index contributed by atoms with van der Waals surface area (Å²) in [6.07, 6.45) is -1.73. The number of carbonyl (C=O) groups is 1. The molecule has 5 atom stereocenters. The number of fused-ring (bicyclic) bond motifs is 1. The average molecular weight is 489 g/mol. The van der Waals surface area contributed by atoms with Crippen LogP contribution in [0.4, 0.5) is 0 Å². The minimum atomic E-state index is -0.431. The molecule has 188 valence electrons. The van der Waals surface area contributed by atoms with Gasteiger partial charge in [-0.2, -0.15) is 0 Å². The van der Waals surface area contributed by atoms with Crippen molar-refractivity contribution in [2.24, 2.45) is 0 Å². The number of carbonyl (C=O) groups excluding carboxylic acids is 1. The number of ether oxygens (including phenoxy) is 5. The van der Waals surface area contributed by atoms with E-state index in [2.05, 4.69) is 0 Å². The van der Waals surface area contributed by atoms with E-state index in [1.165, 1.54) is 0 Å². The Morgan fingerprint density at radius 2 is 1.22 bits per heavy atom. The minimum Gasteiger partial charge on any atom is -0.374 e. The van der Waals surface area contributed by atoms with Gasteiger partial charge in [0.25, 0.3) is 0 Å². The highest BCUT2D eigenvalue weighted by Crippen LogP contribution is 2.33. The summed E-state index contributed by atoms with van der Waals surface area (Å²) in [5.74, 6) is 0.0330. The van der Waals surface area contributed by atoms with Crippen LogP contribution in [-0.2, 0) is 48.3 Å². The zero-order valence-corrected chi connectivity index (χ0v) is 20.2. The quantitative estimate of drug-likeness (QED) is 0.419. The first-order valence-corrected chi connectivity index (χ1v) is 12.5. The molecule has 3 aromatic rings. The van der Waals surface area contributed by atoms with Crippen molar-refractivity contribution in [1.29, 1.82) is 0 Å². The van der Waals surface area contributed by atoms with Gasteiger partial charge in [0.05, 0.1) is 32.5 Å². The summed E-state index contributed by atoms with van der Waals surface area (Å²) in [7, 11) is 0. The first-order chi connectivity index (χ1) is 17.8. The Kier molecular flexibility index (Phi) is 8.54. The molecule has 5 rings (SSSR count). The summed E-state index contributed by atoms with van der Waals surface area (Å²) >= 11 is 0. The van der Waals surface area contributed by atoms with E-state index in [-0.39, 0.29) is 12.4 Å². The van der Waals surface area contributed by atoms with Gasteiger partial charge in [0.1, 0.15) is 31.0 Å². The molecule has 0 saturated carbocycles. The lowest BCUT2D eigenvalue weighted by molar-refractivity contribution is -0.276. The van der Waals surface area contributed by atoms with Crippen molar-refractivity contribution in [1.82, 2.24) is 0 Å². The molecule has 2 fully saturated rings. The predicted molar refractivity (Wildman–Crippen MR) is 134 cm³/mol. The molecule has 6 heteroatoms. The van der Waals surface area contributed by atoms with Crippen molar-refractivity contribution in [3.8, 4) is 0 Å². The maximum atomic E-state index is 12.2. The second kappa shape index (κ2) is 12.4. The normalized spacial score (nSPS) is 25.9. The number of ketones is 1. The largest absolute Gasteiger partial charge is 0.374 e. The van der Waals surface area contributed by atoms with E-state index in [4.69, 9.17) is 23.7 Å². The van der Waals surface area contributed by atoms with Crippen LogP contribution in [-0.4, -0.2) is 49.5 Å². The topological polar surface area (TPSA) is 63.2 Å². The Hall–Kier alpha value is -2.87. The second-order valence-electron chi connectivity index (χ2n) is 9.25. The van der Waals surface area contributed by atoms with E-state index < -0.39 is 30.5 Å². The summed E-state index contributed by atoms with van der Waals surface area (Å²) in [5.41, 5.74) is 3.21. The smallest absolute Gasteiger partial charge is 0.161 e. The molecule has 0 amide bonds. The fourth-order valence-corrected chi connectivity index (χ4v) is 4.75. The first kappa shape index (κ1) is 24.8. The van der Waals surface area contributed by atoms with Crippen LogP contribution in [0.2, 0.25) is 0 Å². The Bertz CT molecular complexity index is 1070. The molecular weight excluding hydrogens is 456 g/mol. The standard InChI is InChI=1S/C30H32O6/c31-25-16-26-28(35-20-25)30(34-19-24-14-8-3-9-15-24)29(33-18-23-12-6-2-7-13-23)27(36-26)21-32-17-22-10-4-1-5-11-22/h1-15,26-30H,16-21H2/t26-,27+,28-,29+,30+/m0/s1. The maximum absolute atomic E-state index is 12.2.